The van der Waals surface area contributed by atoms with E-state index >= 15 is 0 Å². The summed E-state index contributed by atoms with van der Waals surface area (Å²) in [4.78, 5) is 41.6. The lowest BCUT2D eigenvalue weighted by atomic mass is 10.0. The molecule has 7 nitrogen and oxygen atoms in total. The van der Waals surface area contributed by atoms with Crippen molar-refractivity contribution in [3.05, 3.63) is 93.9 Å². The lowest BCUT2D eigenvalue weighted by Crippen LogP contribution is -2.68. The summed E-state index contributed by atoms with van der Waals surface area (Å²) in [6.07, 6.45) is 0.787. The fourth-order valence-corrected chi connectivity index (χ4v) is 5.90. The van der Waals surface area contributed by atoms with Gasteiger partial charge in [-0.2, -0.15) is 0 Å². The van der Waals surface area contributed by atoms with E-state index in [-0.39, 0.29) is 22.9 Å². The Balaban J connectivity index is 1.66. The van der Waals surface area contributed by atoms with Gasteiger partial charge in [-0.25, -0.2) is 4.79 Å². The molecule has 0 unspecified atom stereocenters. The smallest absolute Gasteiger partial charge is 0.356 e. The van der Waals surface area contributed by atoms with Gasteiger partial charge in [0.05, 0.1) is 0 Å². The number of rotatable bonds is 7. The first kappa shape index (κ1) is 24.1. The summed E-state index contributed by atoms with van der Waals surface area (Å²) in [5.41, 5.74) is 7.82. The number of hydrogen-bond acceptors (Lipinski definition) is 7. The first-order chi connectivity index (χ1) is 16.4. The van der Waals surface area contributed by atoms with Gasteiger partial charge in [0.1, 0.15) is 17.1 Å². The first-order valence-electron chi connectivity index (χ1n) is 10.7. The summed E-state index contributed by atoms with van der Waals surface area (Å²) >= 11 is 2.73. The molecule has 2 heterocycles. The number of carbonyl (C=O) groups excluding carboxylic acids is 3. The average molecular weight is 496 g/mol. The Kier molecular flexibility index (Phi) is 7.45. The molecule has 0 radical (unpaired) electrons. The molecule has 4 rings (SSSR count). The minimum atomic E-state index is -0.649. The number of nitrogens with two attached hydrogens (primary N) is 1. The van der Waals surface area contributed by atoms with Crippen LogP contribution in [0.15, 0.2) is 82.7 Å². The minimum absolute atomic E-state index is 0.172. The Labute approximate surface area is 207 Å². The van der Waals surface area contributed by atoms with E-state index in [4.69, 9.17) is 10.5 Å². The van der Waals surface area contributed by atoms with E-state index in [0.29, 0.717) is 10.7 Å². The number of β-lactam (4-membered cyclic amide) rings is 1. The minimum Gasteiger partial charge on any atom is -0.448 e. The van der Waals surface area contributed by atoms with E-state index in [0.717, 1.165) is 11.1 Å². The molecule has 1 fully saturated rings. The monoisotopic (exact) mass is 495 g/mol. The normalized spacial score (nSPS) is 19.8. The molecule has 0 saturated carbocycles. The molecule has 34 heavy (non-hydrogen) atoms. The maximum Gasteiger partial charge on any atom is 0.356 e. The highest BCUT2D eigenvalue weighted by atomic mass is 32.2. The summed E-state index contributed by atoms with van der Waals surface area (Å²) in [5.74, 6) is -0.600. The van der Waals surface area contributed by atoms with Gasteiger partial charge in [-0.3, -0.25) is 14.5 Å². The van der Waals surface area contributed by atoms with Crippen LogP contribution in [0.5, 0.6) is 0 Å². The molecule has 2 aliphatic heterocycles. The van der Waals surface area contributed by atoms with Crippen molar-refractivity contribution in [1.82, 2.24) is 9.80 Å². The van der Waals surface area contributed by atoms with Gasteiger partial charge in [0.15, 0.2) is 6.10 Å². The molecule has 1 saturated heterocycles. The highest BCUT2D eigenvalue weighted by Gasteiger charge is 2.52. The zero-order valence-corrected chi connectivity index (χ0v) is 20.4. The fourth-order valence-electron chi connectivity index (χ4n) is 3.64. The third kappa shape index (κ3) is 4.91. The highest BCUT2D eigenvalue weighted by Crippen LogP contribution is 2.44. The molecule has 0 aliphatic carbocycles. The Morgan fingerprint density at radius 1 is 1.12 bits per heavy atom. The molecule has 0 aromatic heterocycles. The zero-order chi connectivity index (χ0) is 24.2. The molecule has 2 N–H and O–H groups in total. The van der Waals surface area contributed by atoms with Crippen LogP contribution in [0.4, 0.5) is 0 Å². The number of esters is 1. The molecule has 2 aromatic rings. The number of likely N-dealkylation sites (N-methyl/N-ethyl adjacent to an activating group) is 1. The van der Waals surface area contributed by atoms with Crippen LogP contribution in [0.3, 0.4) is 0 Å². The Bertz CT molecular complexity index is 1100. The van der Waals surface area contributed by atoms with Crippen LogP contribution in [0.2, 0.25) is 0 Å². The lowest BCUT2D eigenvalue weighted by Gasteiger charge is -2.48. The van der Waals surface area contributed by atoms with Crippen molar-refractivity contribution in [2.75, 3.05) is 19.8 Å². The SMILES string of the molecule is CN(C)C(=O)/C=C\SC1=C(C(=O)OC(c2ccccc2)c2ccccc2)N2C(=O)[C@@H](N)[C@@H]2SC1. The van der Waals surface area contributed by atoms with Crippen LogP contribution >= 0.6 is 23.5 Å². The zero-order valence-electron chi connectivity index (χ0n) is 18.8. The standard InChI is InChI=1S/C25H25N3O4S2/c1-27(2)19(29)13-14-33-18-15-34-24-20(26)23(30)28(24)21(18)25(31)32-22(16-9-5-3-6-10-16)17-11-7-4-8-12-17/h3-14,20,22,24H,15,26H2,1-2H3/b14-13-/t20-,24+/m1/s1. The molecular weight excluding hydrogens is 470 g/mol. The Hall–Kier alpha value is -3.01. The van der Waals surface area contributed by atoms with E-state index < -0.39 is 18.1 Å². The van der Waals surface area contributed by atoms with Crippen LogP contribution in [0.1, 0.15) is 17.2 Å². The van der Waals surface area contributed by atoms with Gasteiger partial charge < -0.3 is 15.4 Å². The molecule has 2 aliphatic rings. The van der Waals surface area contributed by atoms with Crippen molar-refractivity contribution in [2.45, 2.75) is 17.5 Å². The fraction of sp³-hybridized carbons (Fsp3) is 0.240. The first-order valence-corrected chi connectivity index (χ1v) is 12.6. The van der Waals surface area contributed by atoms with Crippen molar-refractivity contribution < 1.29 is 19.1 Å². The van der Waals surface area contributed by atoms with Gasteiger partial charge in [-0.05, 0) is 16.5 Å². The lowest BCUT2D eigenvalue weighted by molar-refractivity contribution is -0.152. The molecule has 2 atom stereocenters. The maximum absolute atomic E-state index is 13.6. The van der Waals surface area contributed by atoms with Crippen LogP contribution in [-0.2, 0) is 19.1 Å². The van der Waals surface area contributed by atoms with Gasteiger partial charge in [0.2, 0.25) is 11.8 Å². The van der Waals surface area contributed by atoms with E-state index in [9.17, 15) is 14.4 Å². The van der Waals surface area contributed by atoms with Crippen molar-refractivity contribution in [1.29, 1.82) is 0 Å². The quantitative estimate of drug-likeness (QED) is 0.358. The third-order valence-electron chi connectivity index (χ3n) is 5.46. The van der Waals surface area contributed by atoms with Crippen LogP contribution in [0.25, 0.3) is 0 Å². The van der Waals surface area contributed by atoms with Gasteiger partial charge in [-0.15, -0.1) is 11.8 Å². The van der Waals surface area contributed by atoms with E-state index in [1.807, 2.05) is 60.7 Å². The highest BCUT2D eigenvalue weighted by molar-refractivity contribution is 8.08. The molecule has 0 spiro atoms. The van der Waals surface area contributed by atoms with Gasteiger partial charge in [0, 0.05) is 30.8 Å². The number of hydrogen-bond donors (Lipinski definition) is 1. The molecular formula is C25H25N3O4S2. The molecule has 2 aromatic carbocycles. The number of carbonyl (C=O) groups is 3. The van der Waals surface area contributed by atoms with Crippen molar-refractivity contribution in [2.24, 2.45) is 5.73 Å². The number of amides is 2. The average Bonchev–Trinajstić information content (AvgIpc) is 2.87. The number of nitrogens with zero attached hydrogens (tertiary/aromatic N) is 2. The number of fused-ring (bicyclic) bond motifs is 1. The van der Waals surface area contributed by atoms with Crippen molar-refractivity contribution >= 4 is 41.3 Å². The molecule has 2 amide bonds. The number of thioether (sulfide) groups is 2. The molecule has 176 valence electrons. The van der Waals surface area contributed by atoms with Crippen LogP contribution < -0.4 is 5.73 Å². The number of benzene rings is 2. The van der Waals surface area contributed by atoms with Gasteiger partial charge >= 0.3 is 5.97 Å². The summed E-state index contributed by atoms with van der Waals surface area (Å²) in [6.45, 7) is 0. The maximum atomic E-state index is 13.6. The molecule has 9 heteroatoms. The van der Waals surface area contributed by atoms with Crippen LogP contribution in [0, 0.1) is 0 Å². The van der Waals surface area contributed by atoms with E-state index in [2.05, 4.69) is 0 Å². The summed E-state index contributed by atoms with van der Waals surface area (Å²) in [6, 6.07) is 18.3. The summed E-state index contributed by atoms with van der Waals surface area (Å²) in [5, 5.41) is 1.32. The predicted octanol–water partition coefficient (Wildman–Crippen LogP) is 3.11. The second-order valence-electron chi connectivity index (χ2n) is 7.97. The summed E-state index contributed by atoms with van der Waals surface area (Å²) in [7, 11) is 3.32. The second-order valence-corrected chi connectivity index (χ2v) is 10.1. The predicted molar refractivity (Wildman–Crippen MR) is 134 cm³/mol. The largest absolute Gasteiger partial charge is 0.448 e. The summed E-state index contributed by atoms with van der Waals surface area (Å²) < 4.78 is 6.04. The van der Waals surface area contributed by atoms with E-state index in [1.165, 1.54) is 39.4 Å². The van der Waals surface area contributed by atoms with Crippen molar-refractivity contribution in [3.8, 4) is 0 Å². The van der Waals surface area contributed by atoms with Crippen molar-refractivity contribution in [3.63, 3.8) is 0 Å². The van der Waals surface area contributed by atoms with Gasteiger partial charge in [0.25, 0.3) is 0 Å². The third-order valence-corrected chi connectivity index (χ3v) is 7.84. The number of ether oxygens (including phenoxy) is 1. The molecule has 0 bridgehead atoms. The second kappa shape index (κ2) is 10.5. The Morgan fingerprint density at radius 2 is 1.71 bits per heavy atom. The Morgan fingerprint density at radius 3 is 2.26 bits per heavy atom. The van der Waals surface area contributed by atoms with Crippen LogP contribution in [-0.4, -0.2) is 58.8 Å². The topological polar surface area (TPSA) is 92.9 Å². The van der Waals surface area contributed by atoms with Gasteiger partial charge in [-0.1, -0.05) is 72.4 Å². The van der Waals surface area contributed by atoms with E-state index in [1.54, 1.807) is 19.5 Å².